The Morgan fingerprint density at radius 3 is 2.55 bits per heavy atom. The van der Waals surface area contributed by atoms with Gasteiger partial charge in [0.25, 0.3) is 5.56 Å². The van der Waals surface area contributed by atoms with E-state index in [1.165, 1.54) is 12.1 Å². The van der Waals surface area contributed by atoms with Crippen LogP contribution in [0.3, 0.4) is 0 Å². The quantitative estimate of drug-likeness (QED) is 0.880. The molecule has 0 aliphatic carbocycles. The maximum Gasteiger partial charge on any atom is 0.335 e. The fourth-order valence-corrected chi connectivity index (χ4v) is 1.65. The molecule has 20 heavy (non-hydrogen) atoms. The number of ether oxygens (including phenoxy) is 1. The number of nitrogens with zero attached hydrogens (tertiary/aromatic N) is 1. The van der Waals surface area contributed by atoms with Gasteiger partial charge in [-0.2, -0.15) is 4.39 Å². The third kappa shape index (κ3) is 2.56. The van der Waals surface area contributed by atoms with Crippen LogP contribution in [0.2, 0.25) is 0 Å². The minimum absolute atomic E-state index is 0.214. The molecule has 0 unspecified atom stereocenters. The predicted molar refractivity (Wildman–Crippen MR) is 70.1 cm³/mol. The Morgan fingerprint density at radius 2 is 1.95 bits per heavy atom. The fraction of sp³-hybridized carbons (Fsp3) is 0.231. The Hall–Kier alpha value is -2.57. The molecule has 1 aromatic heterocycles. The maximum atomic E-state index is 13.3. The number of rotatable bonds is 4. The molecular formula is C13H13FN2O4. The zero-order valence-electron chi connectivity index (χ0n) is 10.7. The summed E-state index contributed by atoms with van der Waals surface area (Å²) >= 11 is 0. The van der Waals surface area contributed by atoms with E-state index in [1.54, 1.807) is 17.1 Å². The molecule has 1 heterocycles. The van der Waals surface area contributed by atoms with Crippen molar-refractivity contribution < 1.29 is 14.2 Å². The number of aromatic nitrogens is 2. The molecule has 1 aromatic carbocycles. The van der Waals surface area contributed by atoms with Gasteiger partial charge in [-0.25, -0.2) is 9.36 Å². The molecular weight excluding hydrogens is 267 g/mol. The van der Waals surface area contributed by atoms with Crippen molar-refractivity contribution in [2.24, 2.45) is 0 Å². The van der Waals surface area contributed by atoms with E-state index in [-0.39, 0.29) is 5.69 Å². The Kier molecular flexibility index (Phi) is 3.88. The average molecular weight is 280 g/mol. The van der Waals surface area contributed by atoms with Crippen LogP contribution in [-0.2, 0) is 0 Å². The Morgan fingerprint density at radius 1 is 1.30 bits per heavy atom. The summed E-state index contributed by atoms with van der Waals surface area (Å²) in [6, 6.07) is 6.12. The molecule has 0 aliphatic heterocycles. The first-order chi connectivity index (χ1) is 9.54. The van der Waals surface area contributed by atoms with E-state index in [0.29, 0.717) is 16.9 Å². The van der Waals surface area contributed by atoms with Crippen molar-refractivity contribution in [3.8, 4) is 17.3 Å². The van der Waals surface area contributed by atoms with Gasteiger partial charge in [0.15, 0.2) is 0 Å². The third-order valence-electron chi connectivity index (χ3n) is 2.60. The first-order valence-electron chi connectivity index (χ1n) is 6.01. The summed E-state index contributed by atoms with van der Waals surface area (Å²) in [5, 5.41) is 9.56. The Bertz CT molecular complexity index is 719. The lowest BCUT2D eigenvalue weighted by Gasteiger charge is -2.09. The van der Waals surface area contributed by atoms with Gasteiger partial charge in [-0.15, -0.1) is 0 Å². The van der Waals surface area contributed by atoms with Crippen LogP contribution in [0.4, 0.5) is 4.39 Å². The van der Waals surface area contributed by atoms with E-state index in [1.807, 2.05) is 6.92 Å². The average Bonchev–Trinajstić information content (AvgIpc) is 2.44. The molecule has 0 amide bonds. The van der Waals surface area contributed by atoms with E-state index >= 15 is 0 Å². The minimum Gasteiger partial charge on any atom is -0.494 e. The second kappa shape index (κ2) is 5.60. The summed E-state index contributed by atoms with van der Waals surface area (Å²) in [6.07, 6.45) is 0.854. The highest BCUT2D eigenvalue weighted by Gasteiger charge is 2.14. The number of aromatic hydroxyl groups is 1. The van der Waals surface area contributed by atoms with Gasteiger partial charge < -0.3 is 9.84 Å². The molecule has 0 saturated heterocycles. The lowest BCUT2D eigenvalue weighted by atomic mass is 10.3. The number of H-pyrrole nitrogens is 1. The molecule has 106 valence electrons. The first kappa shape index (κ1) is 13.9. The zero-order chi connectivity index (χ0) is 14.7. The maximum absolute atomic E-state index is 13.3. The molecule has 0 atom stereocenters. The van der Waals surface area contributed by atoms with Crippen LogP contribution in [-0.4, -0.2) is 21.3 Å². The van der Waals surface area contributed by atoms with Crippen molar-refractivity contribution in [1.82, 2.24) is 9.55 Å². The molecule has 2 N–H and O–H groups in total. The summed E-state index contributed by atoms with van der Waals surface area (Å²) < 4.78 is 19.4. The smallest absolute Gasteiger partial charge is 0.335 e. The number of aromatic amines is 1. The third-order valence-corrected chi connectivity index (χ3v) is 2.60. The molecule has 0 radical (unpaired) electrons. The van der Waals surface area contributed by atoms with Gasteiger partial charge in [0.1, 0.15) is 5.75 Å². The number of hydrogen-bond donors (Lipinski definition) is 2. The van der Waals surface area contributed by atoms with Gasteiger partial charge in [0, 0.05) is 0 Å². The standard InChI is InChI=1S/C13H13FN2O4/c1-2-7-20-9-5-3-8(4-6-9)16-12(18)10(14)11(17)15-13(16)19/h3-6,18H,2,7H2,1H3,(H,15,17,19). The van der Waals surface area contributed by atoms with Crippen LogP contribution < -0.4 is 16.0 Å². The summed E-state index contributed by atoms with van der Waals surface area (Å²) in [6.45, 7) is 2.52. The van der Waals surface area contributed by atoms with Gasteiger partial charge in [0.2, 0.25) is 11.7 Å². The largest absolute Gasteiger partial charge is 0.494 e. The molecule has 2 rings (SSSR count). The second-order valence-electron chi connectivity index (χ2n) is 4.07. The van der Waals surface area contributed by atoms with E-state index in [2.05, 4.69) is 0 Å². The number of halogens is 1. The van der Waals surface area contributed by atoms with Gasteiger partial charge in [-0.1, -0.05) is 6.92 Å². The van der Waals surface area contributed by atoms with Crippen LogP contribution in [0, 0.1) is 5.82 Å². The second-order valence-corrected chi connectivity index (χ2v) is 4.07. The van der Waals surface area contributed by atoms with Crippen molar-refractivity contribution in [3.63, 3.8) is 0 Å². The molecule has 0 aliphatic rings. The zero-order valence-corrected chi connectivity index (χ0v) is 10.7. The SMILES string of the molecule is CCCOc1ccc(-n2c(O)c(F)c(=O)[nH]c2=O)cc1. The molecule has 2 aromatic rings. The Balaban J connectivity index is 2.45. The van der Waals surface area contributed by atoms with Crippen molar-refractivity contribution in [2.45, 2.75) is 13.3 Å². The van der Waals surface area contributed by atoms with Gasteiger partial charge in [-0.05, 0) is 30.7 Å². The van der Waals surface area contributed by atoms with Gasteiger partial charge in [-0.3, -0.25) is 9.78 Å². The van der Waals surface area contributed by atoms with Gasteiger partial charge >= 0.3 is 5.69 Å². The first-order valence-corrected chi connectivity index (χ1v) is 6.01. The topological polar surface area (TPSA) is 84.3 Å². The molecule has 7 heteroatoms. The molecule has 0 fully saturated rings. The number of nitrogens with one attached hydrogen (secondary N) is 1. The normalized spacial score (nSPS) is 10.5. The lowest BCUT2D eigenvalue weighted by Crippen LogP contribution is -2.30. The van der Waals surface area contributed by atoms with Crippen molar-refractivity contribution in [2.75, 3.05) is 6.61 Å². The predicted octanol–water partition coefficient (Wildman–Crippen LogP) is 1.16. The van der Waals surface area contributed by atoms with Gasteiger partial charge in [0.05, 0.1) is 12.3 Å². The van der Waals surface area contributed by atoms with Crippen LogP contribution in [0.15, 0.2) is 33.9 Å². The summed E-state index contributed by atoms with van der Waals surface area (Å²) in [5.74, 6) is -1.84. The van der Waals surface area contributed by atoms with E-state index in [0.717, 1.165) is 6.42 Å². The molecule has 0 saturated carbocycles. The van der Waals surface area contributed by atoms with Crippen molar-refractivity contribution in [3.05, 3.63) is 50.9 Å². The summed E-state index contributed by atoms with van der Waals surface area (Å²) in [7, 11) is 0. The highest BCUT2D eigenvalue weighted by molar-refractivity contribution is 5.39. The van der Waals surface area contributed by atoms with E-state index in [9.17, 15) is 19.1 Å². The van der Waals surface area contributed by atoms with E-state index < -0.39 is 22.9 Å². The molecule has 0 spiro atoms. The Labute approximate surface area is 113 Å². The summed E-state index contributed by atoms with van der Waals surface area (Å²) in [4.78, 5) is 24.4. The fourth-order valence-electron chi connectivity index (χ4n) is 1.65. The van der Waals surface area contributed by atoms with Crippen molar-refractivity contribution in [1.29, 1.82) is 0 Å². The number of hydrogen-bond acceptors (Lipinski definition) is 4. The summed E-state index contributed by atoms with van der Waals surface area (Å²) in [5.41, 5.74) is -1.96. The highest BCUT2D eigenvalue weighted by Crippen LogP contribution is 2.18. The number of benzene rings is 1. The highest BCUT2D eigenvalue weighted by atomic mass is 19.1. The minimum atomic E-state index is -1.41. The molecule has 6 nitrogen and oxygen atoms in total. The lowest BCUT2D eigenvalue weighted by molar-refractivity contribution is 0.317. The van der Waals surface area contributed by atoms with Crippen LogP contribution in [0.5, 0.6) is 11.6 Å². The van der Waals surface area contributed by atoms with E-state index in [4.69, 9.17) is 4.74 Å². The van der Waals surface area contributed by atoms with Crippen LogP contribution >= 0.6 is 0 Å². The van der Waals surface area contributed by atoms with Crippen molar-refractivity contribution >= 4 is 0 Å². The molecule has 0 bridgehead atoms. The monoisotopic (exact) mass is 280 g/mol. The van der Waals surface area contributed by atoms with Crippen LogP contribution in [0.25, 0.3) is 5.69 Å². The van der Waals surface area contributed by atoms with Crippen LogP contribution in [0.1, 0.15) is 13.3 Å².